The van der Waals surface area contributed by atoms with Gasteiger partial charge in [0.25, 0.3) is 10.0 Å². The van der Waals surface area contributed by atoms with Crippen LogP contribution >= 0.6 is 11.6 Å². The molecule has 0 saturated carbocycles. The highest BCUT2D eigenvalue weighted by molar-refractivity contribution is 7.92. The molecule has 0 spiro atoms. The van der Waals surface area contributed by atoms with Gasteiger partial charge in [0.15, 0.2) is 0 Å². The SMILES string of the molecule is Cc1ccc(N(O)S(=O)(=O)CCC[N+]2(C)CCN(C)CC2)cc1Cl.[Cl-]. The van der Waals surface area contributed by atoms with E-state index < -0.39 is 10.0 Å². The number of anilines is 1. The van der Waals surface area contributed by atoms with Crippen LogP contribution in [0.5, 0.6) is 0 Å². The van der Waals surface area contributed by atoms with Gasteiger partial charge >= 0.3 is 0 Å². The molecule has 0 radical (unpaired) electrons. The largest absolute Gasteiger partial charge is 1.00 e. The predicted octanol–water partition coefficient (Wildman–Crippen LogP) is -1.04. The molecule has 1 aromatic carbocycles. The second-order valence-electron chi connectivity index (χ2n) is 6.94. The number of aryl methyl sites for hydroxylation is 1. The summed E-state index contributed by atoms with van der Waals surface area (Å²) in [5.41, 5.74) is 1.00. The van der Waals surface area contributed by atoms with Gasteiger partial charge < -0.3 is 16.9 Å². The molecule has 1 aromatic rings. The van der Waals surface area contributed by atoms with E-state index in [0.717, 1.165) is 42.8 Å². The van der Waals surface area contributed by atoms with Gasteiger partial charge in [-0.15, -0.1) is 4.47 Å². The Balaban J connectivity index is 0.00000312. The van der Waals surface area contributed by atoms with Crippen molar-refractivity contribution in [2.24, 2.45) is 0 Å². The van der Waals surface area contributed by atoms with Gasteiger partial charge in [-0.3, -0.25) is 10.1 Å². The van der Waals surface area contributed by atoms with Gasteiger partial charge in [0.1, 0.15) is 0 Å². The van der Waals surface area contributed by atoms with Crippen molar-refractivity contribution in [2.75, 3.05) is 57.0 Å². The van der Waals surface area contributed by atoms with Crippen molar-refractivity contribution in [2.45, 2.75) is 13.3 Å². The zero-order chi connectivity index (χ0) is 18.0. The molecule has 144 valence electrons. The number of piperazine rings is 1. The smallest absolute Gasteiger partial charge is 0.257 e. The van der Waals surface area contributed by atoms with E-state index in [2.05, 4.69) is 19.0 Å². The van der Waals surface area contributed by atoms with E-state index in [1.165, 1.54) is 6.07 Å². The van der Waals surface area contributed by atoms with Crippen LogP contribution in [0, 0.1) is 6.92 Å². The Labute approximate surface area is 162 Å². The van der Waals surface area contributed by atoms with Crippen molar-refractivity contribution >= 4 is 27.3 Å². The summed E-state index contributed by atoms with van der Waals surface area (Å²) >= 11 is 6.00. The molecule has 0 atom stereocenters. The van der Waals surface area contributed by atoms with Gasteiger partial charge in [-0.25, -0.2) is 8.42 Å². The van der Waals surface area contributed by atoms with Crippen molar-refractivity contribution in [1.82, 2.24) is 4.90 Å². The summed E-state index contributed by atoms with van der Waals surface area (Å²) in [6.45, 7) is 6.70. The molecule has 0 aromatic heterocycles. The van der Waals surface area contributed by atoms with Crippen molar-refractivity contribution in [3.05, 3.63) is 28.8 Å². The molecule has 25 heavy (non-hydrogen) atoms. The maximum atomic E-state index is 12.3. The second-order valence-corrected chi connectivity index (χ2v) is 9.26. The lowest BCUT2D eigenvalue weighted by molar-refractivity contribution is -0.913. The van der Waals surface area contributed by atoms with Crippen molar-refractivity contribution in [3.63, 3.8) is 0 Å². The highest BCUT2D eigenvalue weighted by Crippen LogP contribution is 2.24. The van der Waals surface area contributed by atoms with E-state index in [0.29, 0.717) is 15.9 Å². The lowest BCUT2D eigenvalue weighted by Crippen LogP contribution is -3.00. The minimum Gasteiger partial charge on any atom is -1.00 e. The van der Waals surface area contributed by atoms with E-state index >= 15 is 0 Å². The van der Waals surface area contributed by atoms with Gasteiger partial charge in [-0.05, 0) is 31.7 Å². The number of halogens is 2. The molecular formula is C16H27Cl2N3O3S. The zero-order valence-electron chi connectivity index (χ0n) is 15.0. The lowest BCUT2D eigenvalue weighted by Gasteiger charge is -2.41. The first kappa shape index (κ1) is 22.5. The summed E-state index contributed by atoms with van der Waals surface area (Å²) in [7, 11) is 0.493. The maximum Gasteiger partial charge on any atom is 0.257 e. The lowest BCUT2D eigenvalue weighted by atomic mass is 10.2. The van der Waals surface area contributed by atoms with Crippen molar-refractivity contribution in [3.8, 4) is 0 Å². The fourth-order valence-electron chi connectivity index (χ4n) is 2.85. The highest BCUT2D eigenvalue weighted by Gasteiger charge is 2.28. The molecule has 0 aliphatic carbocycles. The number of quaternary nitrogens is 1. The Morgan fingerprint density at radius 1 is 1.32 bits per heavy atom. The van der Waals surface area contributed by atoms with Crippen LogP contribution in [-0.4, -0.2) is 75.6 Å². The molecule has 1 aliphatic rings. The molecule has 1 N–H and O–H groups in total. The van der Waals surface area contributed by atoms with Crippen LogP contribution in [0.15, 0.2) is 18.2 Å². The Hall–Kier alpha value is -0.570. The van der Waals surface area contributed by atoms with Crippen LogP contribution in [0.25, 0.3) is 0 Å². The first-order valence-corrected chi connectivity index (χ1v) is 10.1. The molecule has 1 fully saturated rings. The summed E-state index contributed by atoms with van der Waals surface area (Å²) in [4.78, 5) is 2.29. The summed E-state index contributed by atoms with van der Waals surface area (Å²) < 4.78 is 25.9. The highest BCUT2D eigenvalue weighted by atomic mass is 35.5. The van der Waals surface area contributed by atoms with Crippen LogP contribution in [-0.2, 0) is 10.0 Å². The molecule has 0 bridgehead atoms. The van der Waals surface area contributed by atoms with E-state index in [1.54, 1.807) is 12.1 Å². The van der Waals surface area contributed by atoms with Gasteiger partial charge in [0.2, 0.25) is 0 Å². The first-order chi connectivity index (χ1) is 11.1. The Kier molecular flexibility index (Phi) is 7.98. The molecule has 1 aliphatic heterocycles. The Bertz CT molecular complexity index is 677. The fraction of sp³-hybridized carbons (Fsp3) is 0.625. The first-order valence-electron chi connectivity index (χ1n) is 8.13. The average molecular weight is 412 g/mol. The number of benzene rings is 1. The van der Waals surface area contributed by atoms with Gasteiger partial charge in [0.05, 0.1) is 38.1 Å². The predicted molar refractivity (Wildman–Crippen MR) is 97.1 cm³/mol. The topological polar surface area (TPSA) is 60.9 Å². The van der Waals surface area contributed by atoms with E-state index in [4.69, 9.17) is 11.6 Å². The van der Waals surface area contributed by atoms with Crippen LogP contribution in [0.2, 0.25) is 5.02 Å². The maximum absolute atomic E-state index is 12.3. The summed E-state index contributed by atoms with van der Waals surface area (Å²) in [6, 6.07) is 4.70. The van der Waals surface area contributed by atoms with Gasteiger partial charge in [-0.2, -0.15) is 0 Å². The van der Waals surface area contributed by atoms with Crippen molar-refractivity contribution in [1.29, 1.82) is 0 Å². The Morgan fingerprint density at radius 3 is 2.48 bits per heavy atom. The summed E-state index contributed by atoms with van der Waals surface area (Å²) in [5, 5.41) is 10.5. The number of nitrogens with zero attached hydrogens (tertiary/aromatic N) is 3. The van der Waals surface area contributed by atoms with E-state index in [1.807, 2.05) is 6.92 Å². The second kappa shape index (κ2) is 8.88. The number of likely N-dealkylation sites (N-methyl/N-ethyl adjacent to an activating group) is 2. The minimum atomic E-state index is -3.77. The average Bonchev–Trinajstić information content (AvgIpc) is 2.52. The number of rotatable bonds is 6. The third kappa shape index (κ3) is 5.98. The molecular weight excluding hydrogens is 385 g/mol. The van der Waals surface area contributed by atoms with E-state index in [-0.39, 0.29) is 23.8 Å². The summed E-state index contributed by atoms with van der Waals surface area (Å²) in [5.74, 6) is -0.0846. The minimum absolute atomic E-state index is 0. The van der Waals surface area contributed by atoms with Gasteiger partial charge in [-0.1, -0.05) is 17.7 Å². The quantitative estimate of drug-likeness (QED) is 0.479. The molecule has 1 saturated heterocycles. The zero-order valence-corrected chi connectivity index (χ0v) is 17.3. The third-order valence-electron chi connectivity index (χ3n) is 4.78. The fourth-order valence-corrected chi connectivity index (χ4v) is 4.12. The summed E-state index contributed by atoms with van der Waals surface area (Å²) in [6.07, 6.45) is 0.513. The van der Waals surface area contributed by atoms with Crippen LogP contribution in [0.4, 0.5) is 5.69 Å². The van der Waals surface area contributed by atoms with Crippen LogP contribution < -0.4 is 16.9 Å². The molecule has 0 unspecified atom stereocenters. The third-order valence-corrected chi connectivity index (χ3v) is 6.73. The monoisotopic (exact) mass is 411 g/mol. The Morgan fingerprint density at radius 2 is 1.92 bits per heavy atom. The number of sulfonamides is 1. The van der Waals surface area contributed by atoms with Crippen molar-refractivity contribution < 1.29 is 30.5 Å². The molecule has 9 heteroatoms. The van der Waals surface area contributed by atoms with Crippen LogP contribution in [0.1, 0.15) is 12.0 Å². The van der Waals surface area contributed by atoms with Gasteiger partial charge in [0, 0.05) is 24.5 Å². The normalized spacial score (nSPS) is 17.8. The number of hydrogen-bond acceptors (Lipinski definition) is 4. The van der Waals surface area contributed by atoms with Crippen LogP contribution in [0.3, 0.4) is 0 Å². The number of hydrogen-bond donors (Lipinski definition) is 1. The molecule has 6 nitrogen and oxygen atoms in total. The van der Waals surface area contributed by atoms with E-state index in [9.17, 15) is 13.6 Å². The molecule has 0 amide bonds. The standard InChI is InChI=1S/C16H27ClN3O3S.ClH/c1-14-5-6-15(13-16(14)17)19(21)24(22,23)12-4-9-20(3)10-7-18(2)8-11-20;/h5-6,13,21H,4,7-12H2,1-3H3;1H/q+1;/p-1. The molecule has 1 heterocycles. The molecule has 2 rings (SSSR count).